The van der Waals surface area contributed by atoms with Gasteiger partial charge in [-0.3, -0.25) is 4.79 Å². The summed E-state index contributed by atoms with van der Waals surface area (Å²) in [6.07, 6.45) is 5.70. The molecule has 1 aliphatic rings. The lowest BCUT2D eigenvalue weighted by Gasteiger charge is -2.32. The Hall–Kier alpha value is -0.650. The first-order valence-corrected chi connectivity index (χ1v) is 8.31. The van der Waals surface area contributed by atoms with E-state index in [1.807, 2.05) is 6.92 Å². The van der Waals surface area contributed by atoms with Crippen molar-refractivity contribution in [1.29, 1.82) is 0 Å². The van der Waals surface area contributed by atoms with Crippen LogP contribution in [-0.2, 0) is 14.3 Å². The largest absolute Gasteiger partial charge is 0.480 e. The first-order chi connectivity index (χ1) is 10.2. The van der Waals surface area contributed by atoms with Crippen LogP contribution in [0.5, 0.6) is 0 Å². The minimum absolute atomic E-state index is 0.163. The summed E-state index contributed by atoms with van der Waals surface area (Å²) in [5.41, 5.74) is -0.740. The molecule has 0 amide bonds. The average molecular weight is 301 g/mol. The third-order valence-electron chi connectivity index (χ3n) is 4.32. The Morgan fingerprint density at radius 1 is 1.24 bits per heavy atom. The second-order valence-electron chi connectivity index (χ2n) is 5.76. The smallest absolute Gasteiger partial charge is 0.324 e. The Balaban J connectivity index is 2.22. The van der Waals surface area contributed by atoms with Gasteiger partial charge in [0.05, 0.1) is 13.2 Å². The maximum Gasteiger partial charge on any atom is 0.324 e. The summed E-state index contributed by atoms with van der Waals surface area (Å²) in [6.45, 7) is 7.42. The summed E-state index contributed by atoms with van der Waals surface area (Å²) in [6, 6.07) is 0. The maximum absolute atomic E-state index is 11.6. The predicted molar refractivity (Wildman–Crippen MR) is 82.5 cm³/mol. The van der Waals surface area contributed by atoms with Crippen LogP contribution in [0, 0.1) is 5.92 Å². The summed E-state index contributed by atoms with van der Waals surface area (Å²) in [7, 11) is 0. The minimum Gasteiger partial charge on any atom is -0.480 e. The van der Waals surface area contributed by atoms with Crippen molar-refractivity contribution in [2.75, 3.05) is 33.0 Å². The van der Waals surface area contributed by atoms with Gasteiger partial charge in [0.15, 0.2) is 0 Å². The Kier molecular flexibility index (Phi) is 8.88. The molecular formula is C16H31NO4. The van der Waals surface area contributed by atoms with Crippen molar-refractivity contribution in [3.05, 3.63) is 0 Å². The zero-order valence-electron chi connectivity index (χ0n) is 13.5. The molecule has 0 aromatic rings. The standard InChI is InChI=1S/C16H31NO4/c1-3-5-10-20-12-13-21-11-8-14-7-6-9-16(14,15(18)19)17-4-2/h14,17H,3-13H2,1-2H3,(H,18,19). The first kappa shape index (κ1) is 18.4. The van der Waals surface area contributed by atoms with E-state index in [0.717, 1.165) is 45.1 Å². The number of carboxylic acid groups (broad SMARTS) is 1. The van der Waals surface area contributed by atoms with Crippen molar-refractivity contribution in [2.45, 2.75) is 57.9 Å². The summed E-state index contributed by atoms with van der Waals surface area (Å²) in [5.74, 6) is -0.550. The van der Waals surface area contributed by atoms with Crippen LogP contribution in [0.25, 0.3) is 0 Å². The average Bonchev–Trinajstić information content (AvgIpc) is 2.86. The number of hydrogen-bond donors (Lipinski definition) is 2. The van der Waals surface area contributed by atoms with Crippen LogP contribution < -0.4 is 5.32 Å². The Bertz CT molecular complexity index is 298. The Morgan fingerprint density at radius 2 is 1.95 bits per heavy atom. The van der Waals surface area contributed by atoms with Gasteiger partial charge in [-0.2, -0.15) is 0 Å². The molecule has 1 rings (SSSR count). The number of carbonyl (C=O) groups is 1. The van der Waals surface area contributed by atoms with Gasteiger partial charge in [-0.1, -0.05) is 26.7 Å². The van der Waals surface area contributed by atoms with Crippen molar-refractivity contribution < 1.29 is 19.4 Å². The van der Waals surface area contributed by atoms with Crippen molar-refractivity contribution >= 4 is 5.97 Å². The third kappa shape index (κ3) is 5.57. The van der Waals surface area contributed by atoms with Crippen LogP contribution in [-0.4, -0.2) is 49.6 Å². The van der Waals surface area contributed by atoms with Gasteiger partial charge >= 0.3 is 5.97 Å². The third-order valence-corrected chi connectivity index (χ3v) is 4.32. The van der Waals surface area contributed by atoms with E-state index in [-0.39, 0.29) is 5.92 Å². The number of ether oxygens (including phenoxy) is 2. The van der Waals surface area contributed by atoms with Crippen LogP contribution >= 0.6 is 0 Å². The summed E-state index contributed by atoms with van der Waals surface area (Å²) in [5, 5.41) is 12.8. The van der Waals surface area contributed by atoms with Crippen LogP contribution in [0.2, 0.25) is 0 Å². The molecule has 21 heavy (non-hydrogen) atoms. The number of carboxylic acids is 1. The molecule has 2 atom stereocenters. The molecular weight excluding hydrogens is 270 g/mol. The highest BCUT2D eigenvalue weighted by Gasteiger charge is 2.48. The SMILES string of the molecule is CCCCOCCOCCC1CCCC1(NCC)C(=O)O. The second-order valence-corrected chi connectivity index (χ2v) is 5.76. The maximum atomic E-state index is 11.6. The molecule has 0 aliphatic heterocycles. The van der Waals surface area contributed by atoms with Crippen molar-refractivity contribution in [1.82, 2.24) is 5.32 Å². The lowest BCUT2D eigenvalue weighted by molar-refractivity contribution is -0.147. The normalized spacial score (nSPS) is 25.3. The van der Waals surface area contributed by atoms with Crippen LogP contribution in [0.3, 0.4) is 0 Å². The molecule has 5 heteroatoms. The molecule has 2 N–H and O–H groups in total. The zero-order valence-corrected chi connectivity index (χ0v) is 13.5. The monoisotopic (exact) mass is 301 g/mol. The molecule has 0 radical (unpaired) electrons. The highest BCUT2D eigenvalue weighted by atomic mass is 16.5. The Morgan fingerprint density at radius 3 is 2.57 bits per heavy atom. The van der Waals surface area contributed by atoms with Crippen LogP contribution in [0.1, 0.15) is 52.4 Å². The summed E-state index contributed by atoms with van der Waals surface area (Å²) >= 11 is 0. The molecule has 5 nitrogen and oxygen atoms in total. The van der Waals surface area contributed by atoms with Gasteiger partial charge in [-0.05, 0) is 38.1 Å². The highest BCUT2D eigenvalue weighted by molar-refractivity contribution is 5.79. The van der Waals surface area contributed by atoms with Gasteiger partial charge in [0.1, 0.15) is 5.54 Å². The molecule has 0 aromatic carbocycles. The molecule has 0 bridgehead atoms. The fourth-order valence-corrected chi connectivity index (χ4v) is 3.17. The zero-order chi connectivity index (χ0) is 15.6. The lowest BCUT2D eigenvalue weighted by atomic mass is 9.84. The van der Waals surface area contributed by atoms with Gasteiger partial charge in [-0.15, -0.1) is 0 Å². The number of hydrogen-bond acceptors (Lipinski definition) is 4. The number of unbranched alkanes of at least 4 members (excludes halogenated alkanes) is 1. The lowest BCUT2D eigenvalue weighted by Crippen LogP contribution is -2.54. The predicted octanol–water partition coefficient (Wildman–Crippen LogP) is 2.44. The Labute approximate surface area is 128 Å². The van der Waals surface area contributed by atoms with E-state index in [1.54, 1.807) is 0 Å². The molecule has 0 heterocycles. The molecule has 1 fully saturated rings. The van der Waals surface area contributed by atoms with Crippen LogP contribution in [0.15, 0.2) is 0 Å². The first-order valence-electron chi connectivity index (χ1n) is 8.31. The quantitative estimate of drug-likeness (QED) is 0.542. The van der Waals surface area contributed by atoms with Gasteiger partial charge < -0.3 is 19.9 Å². The van der Waals surface area contributed by atoms with Gasteiger partial charge in [0, 0.05) is 13.2 Å². The fraction of sp³-hybridized carbons (Fsp3) is 0.938. The van der Waals surface area contributed by atoms with E-state index >= 15 is 0 Å². The van der Waals surface area contributed by atoms with Crippen molar-refractivity contribution in [3.8, 4) is 0 Å². The number of nitrogens with one attached hydrogen (secondary N) is 1. The molecule has 0 spiro atoms. The number of aliphatic carboxylic acids is 1. The molecule has 1 saturated carbocycles. The summed E-state index contributed by atoms with van der Waals surface area (Å²) < 4.78 is 11.0. The molecule has 0 aromatic heterocycles. The van der Waals surface area contributed by atoms with Crippen LogP contribution in [0.4, 0.5) is 0 Å². The van der Waals surface area contributed by atoms with Crippen molar-refractivity contribution in [2.24, 2.45) is 5.92 Å². The highest BCUT2D eigenvalue weighted by Crippen LogP contribution is 2.38. The number of rotatable bonds is 12. The molecule has 1 aliphatic carbocycles. The molecule has 0 saturated heterocycles. The van der Waals surface area contributed by atoms with E-state index in [9.17, 15) is 9.90 Å². The number of likely N-dealkylation sites (N-methyl/N-ethyl adjacent to an activating group) is 1. The summed E-state index contributed by atoms with van der Waals surface area (Å²) in [4.78, 5) is 11.6. The molecule has 124 valence electrons. The van der Waals surface area contributed by atoms with E-state index < -0.39 is 11.5 Å². The minimum atomic E-state index is -0.740. The van der Waals surface area contributed by atoms with E-state index in [1.165, 1.54) is 0 Å². The van der Waals surface area contributed by atoms with Crippen molar-refractivity contribution in [3.63, 3.8) is 0 Å². The van der Waals surface area contributed by atoms with Gasteiger partial charge in [-0.25, -0.2) is 0 Å². The fourth-order valence-electron chi connectivity index (χ4n) is 3.17. The van der Waals surface area contributed by atoms with Gasteiger partial charge in [0.25, 0.3) is 0 Å². The van der Waals surface area contributed by atoms with E-state index in [4.69, 9.17) is 9.47 Å². The molecule has 2 unspecified atom stereocenters. The van der Waals surface area contributed by atoms with E-state index in [0.29, 0.717) is 26.4 Å². The second kappa shape index (κ2) is 10.1. The van der Waals surface area contributed by atoms with Gasteiger partial charge in [0.2, 0.25) is 0 Å². The van der Waals surface area contributed by atoms with E-state index in [2.05, 4.69) is 12.2 Å². The topological polar surface area (TPSA) is 67.8 Å².